The summed E-state index contributed by atoms with van der Waals surface area (Å²) in [5.41, 5.74) is 1.32. The summed E-state index contributed by atoms with van der Waals surface area (Å²) in [6.07, 6.45) is 0. The summed E-state index contributed by atoms with van der Waals surface area (Å²) in [5, 5.41) is 3.35. The smallest absolute Gasteiger partial charge is 0.341 e. The van der Waals surface area contributed by atoms with E-state index in [9.17, 15) is 9.59 Å². The number of carbonyl (C=O) groups excluding carboxylic acids is 2. The van der Waals surface area contributed by atoms with Gasteiger partial charge in [-0.15, -0.1) is 11.3 Å². The highest BCUT2D eigenvalue weighted by atomic mass is 32.1. The van der Waals surface area contributed by atoms with E-state index in [1.807, 2.05) is 27.9 Å². The molecule has 2 N–H and O–H groups in total. The third kappa shape index (κ3) is 3.30. The number of anilines is 1. The standard InChI is InChI=1S/C12H18N2O3S/c1-7-8(2)18-11(10(7)12(16)17-5)13-9(15)6-14(3)4/h6H2,1-5H3,(H,13,15)/p+1. The van der Waals surface area contributed by atoms with Gasteiger partial charge in [0.2, 0.25) is 0 Å². The summed E-state index contributed by atoms with van der Waals surface area (Å²) in [4.78, 5) is 25.5. The number of esters is 1. The SMILES string of the molecule is COC(=O)c1c(NC(=O)C[NH+](C)C)sc(C)c1C. The Hall–Kier alpha value is -1.40. The molecule has 1 amide bonds. The van der Waals surface area contributed by atoms with Crippen LogP contribution in [0.2, 0.25) is 0 Å². The second-order valence-corrected chi connectivity index (χ2v) is 5.64. The molecule has 100 valence electrons. The maximum atomic E-state index is 11.7. The van der Waals surface area contributed by atoms with Gasteiger partial charge in [-0.2, -0.15) is 0 Å². The number of methoxy groups -OCH3 is 1. The summed E-state index contributed by atoms with van der Waals surface area (Å²) in [6.45, 7) is 4.13. The number of aryl methyl sites for hydroxylation is 1. The Bertz CT molecular complexity index is 466. The van der Waals surface area contributed by atoms with Gasteiger partial charge in [0.1, 0.15) is 5.00 Å². The van der Waals surface area contributed by atoms with Gasteiger partial charge in [0.15, 0.2) is 6.54 Å². The third-order valence-corrected chi connectivity index (χ3v) is 3.66. The van der Waals surface area contributed by atoms with Gasteiger partial charge in [0, 0.05) is 4.88 Å². The van der Waals surface area contributed by atoms with Crippen molar-refractivity contribution in [1.82, 2.24) is 0 Å². The molecule has 1 rings (SSSR count). The van der Waals surface area contributed by atoms with Crippen LogP contribution in [0.25, 0.3) is 0 Å². The first-order valence-electron chi connectivity index (χ1n) is 5.64. The highest BCUT2D eigenvalue weighted by molar-refractivity contribution is 7.16. The zero-order valence-electron chi connectivity index (χ0n) is 11.3. The normalized spacial score (nSPS) is 10.6. The van der Waals surface area contributed by atoms with E-state index in [4.69, 9.17) is 4.74 Å². The topological polar surface area (TPSA) is 59.8 Å². The van der Waals surface area contributed by atoms with Crippen LogP contribution in [0.1, 0.15) is 20.8 Å². The van der Waals surface area contributed by atoms with Crippen molar-refractivity contribution in [3.05, 3.63) is 16.0 Å². The maximum Gasteiger partial charge on any atom is 0.341 e. The number of thiophene rings is 1. The molecule has 18 heavy (non-hydrogen) atoms. The first kappa shape index (κ1) is 14.7. The minimum Gasteiger partial charge on any atom is -0.465 e. The van der Waals surface area contributed by atoms with Gasteiger partial charge in [-0.1, -0.05) is 0 Å². The first-order chi connectivity index (χ1) is 8.36. The predicted octanol–water partition coefficient (Wildman–Crippen LogP) is 0.235. The second-order valence-electron chi connectivity index (χ2n) is 4.41. The van der Waals surface area contributed by atoms with Gasteiger partial charge in [0.05, 0.1) is 26.8 Å². The number of rotatable bonds is 4. The highest BCUT2D eigenvalue weighted by Gasteiger charge is 2.21. The number of likely N-dealkylation sites (N-methyl/N-ethyl adjacent to an activating group) is 1. The lowest BCUT2D eigenvalue weighted by Gasteiger charge is -2.08. The van der Waals surface area contributed by atoms with E-state index in [-0.39, 0.29) is 5.91 Å². The van der Waals surface area contributed by atoms with Crippen LogP contribution in [0, 0.1) is 13.8 Å². The summed E-state index contributed by atoms with van der Waals surface area (Å²) < 4.78 is 4.74. The van der Waals surface area contributed by atoms with Crippen molar-refractivity contribution in [3.8, 4) is 0 Å². The Labute approximate surface area is 111 Å². The van der Waals surface area contributed by atoms with Crippen molar-refractivity contribution >= 4 is 28.2 Å². The van der Waals surface area contributed by atoms with Crippen LogP contribution in [0.4, 0.5) is 5.00 Å². The summed E-state index contributed by atoms with van der Waals surface area (Å²) in [5.74, 6) is -0.522. The van der Waals surface area contributed by atoms with Crippen molar-refractivity contribution in [2.75, 3.05) is 33.1 Å². The molecule has 0 aliphatic carbocycles. The van der Waals surface area contributed by atoms with Crippen LogP contribution in [0.15, 0.2) is 0 Å². The lowest BCUT2D eigenvalue weighted by Crippen LogP contribution is -3.06. The Balaban J connectivity index is 2.99. The van der Waals surface area contributed by atoms with E-state index in [1.54, 1.807) is 0 Å². The maximum absolute atomic E-state index is 11.7. The van der Waals surface area contributed by atoms with Gasteiger partial charge < -0.3 is 15.0 Å². The monoisotopic (exact) mass is 271 g/mol. The summed E-state index contributed by atoms with van der Waals surface area (Å²) in [6, 6.07) is 0. The van der Waals surface area contributed by atoms with Crippen molar-refractivity contribution in [2.45, 2.75) is 13.8 Å². The van der Waals surface area contributed by atoms with E-state index in [0.717, 1.165) is 15.3 Å². The number of quaternary nitrogens is 1. The molecule has 1 heterocycles. The molecule has 1 aromatic heterocycles. The first-order valence-corrected chi connectivity index (χ1v) is 6.45. The van der Waals surface area contributed by atoms with Crippen LogP contribution < -0.4 is 10.2 Å². The molecule has 0 bridgehead atoms. The van der Waals surface area contributed by atoms with Crippen LogP contribution in [-0.4, -0.2) is 39.6 Å². The number of hydrogen-bond acceptors (Lipinski definition) is 4. The van der Waals surface area contributed by atoms with Gasteiger partial charge in [-0.25, -0.2) is 4.79 Å². The quantitative estimate of drug-likeness (QED) is 0.771. The molecule has 0 saturated carbocycles. The molecule has 0 fully saturated rings. The minimum atomic E-state index is -0.413. The minimum absolute atomic E-state index is 0.110. The third-order valence-electron chi connectivity index (χ3n) is 2.54. The average molecular weight is 271 g/mol. The second kappa shape index (κ2) is 5.97. The fraction of sp³-hybridized carbons (Fsp3) is 0.500. The van der Waals surface area contributed by atoms with Crippen LogP contribution in [0.5, 0.6) is 0 Å². The molecular formula is C12H19N2O3S+. The summed E-state index contributed by atoms with van der Waals surface area (Å²) in [7, 11) is 5.13. The molecule has 1 aromatic rings. The molecule has 0 atom stereocenters. The predicted molar refractivity (Wildman–Crippen MR) is 71.4 cm³/mol. The molecule has 0 aliphatic heterocycles. The van der Waals surface area contributed by atoms with Crippen LogP contribution in [0.3, 0.4) is 0 Å². The van der Waals surface area contributed by atoms with Crippen molar-refractivity contribution in [1.29, 1.82) is 0 Å². The Morgan fingerprint density at radius 1 is 1.33 bits per heavy atom. The average Bonchev–Trinajstić information content (AvgIpc) is 2.52. The zero-order valence-corrected chi connectivity index (χ0v) is 12.2. The van der Waals surface area contributed by atoms with Crippen molar-refractivity contribution < 1.29 is 19.2 Å². The molecule has 0 saturated heterocycles. The number of ether oxygens (including phenoxy) is 1. The number of carbonyl (C=O) groups is 2. The van der Waals surface area contributed by atoms with Crippen LogP contribution in [-0.2, 0) is 9.53 Å². The summed E-state index contributed by atoms with van der Waals surface area (Å²) >= 11 is 1.40. The van der Waals surface area contributed by atoms with Crippen molar-refractivity contribution in [2.24, 2.45) is 0 Å². The molecule has 0 aliphatic rings. The highest BCUT2D eigenvalue weighted by Crippen LogP contribution is 2.32. The molecule has 0 spiro atoms. The lowest BCUT2D eigenvalue weighted by atomic mass is 10.1. The largest absolute Gasteiger partial charge is 0.465 e. The number of nitrogens with one attached hydrogen (secondary N) is 2. The van der Waals surface area contributed by atoms with E-state index in [0.29, 0.717) is 17.1 Å². The molecular weight excluding hydrogens is 252 g/mol. The van der Waals surface area contributed by atoms with Gasteiger partial charge in [0.25, 0.3) is 5.91 Å². The molecule has 6 heteroatoms. The number of hydrogen-bond donors (Lipinski definition) is 2. The number of amides is 1. The molecule has 0 unspecified atom stereocenters. The molecule has 0 radical (unpaired) electrons. The van der Waals surface area contributed by atoms with E-state index in [1.165, 1.54) is 18.4 Å². The fourth-order valence-electron chi connectivity index (χ4n) is 1.55. The Morgan fingerprint density at radius 2 is 1.94 bits per heavy atom. The van der Waals surface area contributed by atoms with Gasteiger partial charge in [-0.05, 0) is 19.4 Å². The van der Waals surface area contributed by atoms with Crippen molar-refractivity contribution in [3.63, 3.8) is 0 Å². The molecule has 0 aromatic carbocycles. The van der Waals surface area contributed by atoms with Crippen LogP contribution >= 0.6 is 11.3 Å². The fourth-order valence-corrected chi connectivity index (χ4v) is 2.62. The Morgan fingerprint density at radius 3 is 2.44 bits per heavy atom. The van der Waals surface area contributed by atoms with E-state index < -0.39 is 5.97 Å². The van der Waals surface area contributed by atoms with Gasteiger partial charge >= 0.3 is 5.97 Å². The van der Waals surface area contributed by atoms with E-state index in [2.05, 4.69) is 5.32 Å². The Kier molecular flexibility index (Phi) is 4.86. The lowest BCUT2D eigenvalue weighted by molar-refractivity contribution is -0.849. The zero-order chi connectivity index (χ0) is 13.9. The van der Waals surface area contributed by atoms with E-state index >= 15 is 0 Å². The molecule has 5 nitrogen and oxygen atoms in total. The van der Waals surface area contributed by atoms with Gasteiger partial charge in [-0.3, -0.25) is 4.79 Å².